The first-order valence-electron chi connectivity index (χ1n) is 5.25. The first-order valence-corrected chi connectivity index (χ1v) is 5.63. The van der Waals surface area contributed by atoms with Crippen molar-refractivity contribution in [3.63, 3.8) is 0 Å². The number of methoxy groups -OCH3 is 1. The van der Waals surface area contributed by atoms with E-state index in [1.54, 1.807) is 36.5 Å². The minimum absolute atomic E-state index is 0. The van der Waals surface area contributed by atoms with E-state index in [1.807, 2.05) is 0 Å². The topological polar surface area (TPSA) is 51.2 Å². The number of ether oxygens (including phenoxy) is 1. The number of anilines is 1. The Balaban J connectivity index is 0.00000180. The standard InChI is InChI=1S/C13H11ClN2O2.ClH/c1-18-12-5-4-10(14)7-11(12)16-13(17)9-3-2-6-15-8-9;/h2-8H,1H3,(H,16,17);1H. The van der Waals surface area contributed by atoms with Crippen LogP contribution in [0.25, 0.3) is 0 Å². The Kier molecular flexibility index (Phi) is 5.60. The van der Waals surface area contributed by atoms with Crippen molar-refractivity contribution in [2.45, 2.75) is 0 Å². The van der Waals surface area contributed by atoms with Crippen LogP contribution in [0.4, 0.5) is 5.69 Å². The van der Waals surface area contributed by atoms with Crippen LogP contribution in [-0.4, -0.2) is 18.0 Å². The van der Waals surface area contributed by atoms with Crippen molar-refractivity contribution in [1.82, 2.24) is 4.98 Å². The van der Waals surface area contributed by atoms with Crippen molar-refractivity contribution in [3.05, 3.63) is 53.3 Å². The van der Waals surface area contributed by atoms with E-state index in [9.17, 15) is 4.79 Å². The highest BCUT2D eigenvalue weighted by Gasteiger charge is 2.10. The van der Waals surface area contributed by atoms with Gasteiger partial charge in [0.1, 0.15) is 5.75 Å². The first-order chi connectivity index (χ1) is 8.70. The zero-order valence-corrected chi connectivity index (χ0v) is 11.7. The number of hydrogen-bond donors (Lipinski definition) is 1. The minimum atomic E-state index is -0.260. The van der Waals surface area contributed by atoms with Crippen molar-refractivity contribution >= 4 is 35.6 Å². The van der Waals surface area contributed by atoms with Gasteiger partial charge in [0.05, 0.1) is 18.4 Å². The maximum Gasteiger partial charge on any atom is 0.257 e. The summed E-state index contributed by atoms with van der Waals surface area (Å²) in [5.41, 5.74) is 0.999. The van der Waals surface area contributed by atoms with Crippen LogP contribution < -0.4 is 10.1 Å². The van der Waals surface area contributed by atoms with Gasteiger partial charge >= 0.3 is 0 Å². The quantitative estimate of drug-likeness (QED) is 0.944. The molecule has 0 saturated heterocycles. The Morgan fingerprint density at radius 1 is 1.37 bits per heavy atom. The summed E-state index contributed by atoms with van der Waals surface area (Å²) in [4.78, 5) is 15.8. The molecule has 0 saturated carbocycles. The summed E-state index contributed by atoms with van der Waals surface area (Å²) >= 11 is 5.88. The molecule has 1 heterocycles. The predicted octanol–water partition coefficient (Wildman–Crippen LogP) is 3.42. The molecule has 0 fully saturated rings. The highest BCUT2D eigenvalue weighted by atomic mass is 35.5. The molecule has 0 bridgehead atoms. The van der Waals surface area contributed by atoms with E-state index in [2.05, 4.69) is 10.3 Å². The van der Waals surface area contributed by atoms with Gasteiger partial charge in [-0.2, -0.15) is 0 Å². The Labute approximate surface area is 122 Å². The van der Waals surface area contributed by atoms with E-state index in [1.165, 1.54) is 13.3 Å². The highest BCUT2D eigenvalue weighted by molar-refractivity contribution is 6.31. The Morgan fingerprint density at radius 2 is 2.16 bits per heavy atom. The third kappa shape index (κ3) is 3.84. The molecule has 0 aliphatic rings. The van der Waals surface area contributed by atoms with Crippen LogP contribution in [0.15, 0.2) is 42.7 Å². The molecule has 0 unspecified atom stereocenters. The van der Waals surface area contributed by atoms with Crippen molar-refractivity contribution in [2.75, 3.05) is 12.4 Å². The summed E-state index contributed by atoms with van der Waals surface area (Å²) < 4.78 is 5.15. The SMILES string of the molecule is COc1ccc(Cl)cc1NC(=O)c1cccnc1.Cl. The fraction of sp³-hybridized carbons (Fsp3) is 0.0769. The van der Waals surface area contributed by atoms with E-state index in [0.29, 0.717) is 22.0 Å². The van der Waals surface area contributed by atoms with Gasteiger partial charge in [0, 0.05) is 17.4 Å². The first kappa shape index (κ1) is 15.3. The highest BCUT2D eigenvalue weighted by Crippen LogP contribution is 2.27. The van der Waals surface area contributed by atoms with Crippen molar-refractivity contribution < 1.29 is 9.53 Å². The van der Waals surface area contributed by atoms with E-state index in [0.717, 1.165) is 0 Å². The lowest BCUT2D eigenvalue weighted by atomic mass is 10.2. The predicted molar refractivity (Wildman–Crippen MR) is 77.4 cm³/mol. The van der Waals surface area contributed by atoms with Crippen LogP contribution >= 0.6 is 24.0 Å². The molecule has 0 aliphatic heterocycles. The molecule has 1 aromatic heterocycles. The summed E-state index contributed by atoms with van der Waals surface area (Å²) in [5, 5.41) is 3.26. The van der Waals surface area contributed by atoms with Gasteiger partial charge in [-0.1, -0.05) is 11.6 Å². The normalized spacial score (nSPS) is 9.37. The van der Waals surface area contributed by atoms with Gasteiger partial charge in [-0.25, -0.2) is 0 Å². The lowest BCUT2D eigenvalue weighted by Crippen LogP contribution is -2.12. The molecule has 0 atom stereocenters. The van der Waals surface area contributed by atoms with Gasteiger partial charge in [-0.05, 0) is 30.3 Å². The van der Waals surface area contributed by atoms with Gasteiger partial charge in [0.2, 0.25) is 0 Å². The van der Waals surface area contributed by atoms with Crippen LogP contribution in [0.5, 0.6) is 5.75 Å². The number of carbonyl (C=O) groups excluding carboxylic acids is 1. The third-order valence-corrected chi connectivity index (χ3v) is 2.57. The second kappa shape index (κ2) is 6.97. The molecule has 100 valence electrons. The van der Waals surface area contributed by atoms with Crippen LogP contribution in [0, 0.1) is 0 Å². The lowest BCUT2D eigenvalue weighted by molar-refractivity contribution is 0.102. The summed E-state index contributed by atoms with van der Waals surface area (Å²) in [6.45, 7) is 0. The molecule has 0 radical (unpaired) electrons. The molecule has 19 heavy (non-hydrogen) atoms. The minimum Gasteiger partial charge on any atom is -0.495 e. The Bertz CT molecular complexity index is 562. The van der Waals surface area contributed by atoms with Crippen LogP contribution in [-0.2, 0) is 0 Å². The van der Waals surface area contributed by atoms with E-state index in [4.69, 9.17) is 16.3 Å². The largest absolute Gasteiger partial charge is 0.495 e. The zero-order valence-electron chi connectivity index (χ0n) is 10.1. The maximum atomic E-state index is 11.9. The summed E-state index contributed by atoms with van der Waals surface area (Å²) in [6, 6.07) is 8.40. The van der Waals surface area contributed by atoms with Crippen LogP contribution in [0.1, 0.15) is 10.4 Å². The zero-order chi connectivity index (χ0) is 13.0. The number of carbonyl (C=O) groups is 1. The second-order valence-electron chi connectivity index (χ2n) is 3.54. The van der Waals surface area contributed by atoms with Crippen molar-refractivity contribution in [2.24, 2.45) is 0 Å². The monoisotopic (exact) mass is 298 g/mol. The van der Waals surface area contributed by atoms with Crippen molar-refractivity contribution in [1.29, 1.82) is 0 Å². The average Bonchev–Trinajstić information content (AvgIpc) is 2.40. The number of rotatable bonds is 3. The van der Waals surface area contributed by atoms with E-state index in [-0.39, 0.29) is 18.3 Å². The molecular formula is C13H12Cl2N2O2. The smallest absolute Gasteiger partial charge is 0.257 e. The molecule has 2 rings (SSSR count). The molecule has 6 heteroatoms. The average molecular weight is 299 g/mol. The van der Waals surface area contributed by atoms with Gasteiger partial charge < -0.3 is 10.1 Å². The van der Waals surface area contributed by atoms with Crippen LogP contribution in [0.2, 0.25) is 5.02 Å². The third-order valence-electron chi connectivity index (χ3n) is 2.33. The van der Waals surface area contributed by atoms with Gasteiger partial charge in [0.25, 0.3) is 5.91 Å². The van der Waals surface area contributed by atoms with Gasteiger partial charge in [-0.15, -0.1) is 12.4 Å². The van der Waals surface area contributed by atoms with Crippen LogP contribution in [0.3, 0.4) is 0 Å². The fourth-order valence-electron chi connectivity index (χ4n) is 1.47. The molecular weight excluding hydrogens is 287 g/mol. The Hall–Kier alpha value is -1.78. The maximum absolute atomic E-state index is 11.9. The molecule has 4 nitrogen and oxygen atoms in total. The second-order valence-corrected chi connectivity index (χ2v) is 3.98. The summed E-state index contributed by atoms with van der Waals surface area (Å²) in [7, 11) is 1.53. The number of pyridine rings is 1. The molecule has 1 amide bonds. The van der Waals surface area contributed by atoms with Crippen molar-refractivity contribution in [3.8, 4) is 5.75 Å². The molecule has 2 aromatic rings. The fourth-order valence-corrected chi connectivity index (χ4v) is 1.64. The lowest BCUT2D eigenvalue weighted by Gasteiger charge is -2.10. The summed E-state index contributed by atoms with van der Waals surface area (Å²) in [5.74, 6) is 0.292. The molecule has 1 aromatic carbocycles. The molecule has 1 N–H and O–H groups in total. The number of nitrogens with one attached hydrogen (secondary N) is 1. The number of halogens is 2. The number of benzene rings is 1. The Morgan fingerprint density at radius 3 is 2.79 bits per heavy atom. The number of aromatic nitrogens is 1. The molecule has 0 aliphatic carbocycles. The number of hydrogen-bond acceptors (Lipinski definition) is 3. The number of nitrogens with zero attached hydrogens (tertiary/aromatic N) is 1. The molecule has 0 spiro atoms. The van der Waals surface area contributed by atoms with Gasteiger partial charge in [-0.3, -0.25) is 9.78 Å². The summed E-state index contributed by atoms with van der Waals surface area (Å²) in [6.07, 6.45) is 3.10. The van der Waals surface area contributed by atoms with E-state index < -0.39 is 0 Å². The number of amides is 1. The van der Waals surface area contributed by atoms with Gasteiger partial charge in [0.15, 0.2) is 0 Å². The van der Waals surface area contributed by atoms with E-state index >= 15 is 0 Å².